The maximum absolute atomic E-state index is 13.8. The van der Waals surface area contributed by atoms with E-state index >= 15 is 0 Å². The smallest absolute Gasteiger partial charge is 0.151 e. The molecule has 0 aromatic carbocycles. The Labute approximate surface area is 163 Å². The molecule has 0 bridgehead atoms. The summed E-state index contributed by atoms with van der Waals surface area (Å²) < 4.78 is 32.6. The number of ether oxygens (including phenoxy) is 1. The number of allylic oxidation sites excluding steroid dienone is 3. The highest BCUT2D eigenvalue weighted by atomic mass is 19.1. The fourth-order valence-corrected chi connectivity index (χ4v) is 2.95. The van der Waals surface area contributed by atoms with Crippen LogP contribution in [0.3, 0.4) is 0 Å². The summed E-state index contributed by atoms with van der Waals surface area (Å²) >= 11 is 0. The van der Waals surface area contributed by atoms with Crippen molar-refractivity contribution in [3.05, 3.63) is 95.1 Å². The monoisotopic (exact) mass is 381 g/mol. The standard InChI is InChI=1S/C22H21F2N3O/c1-6-18-9-21(13(2)10-25-18)27-14(3)7-22(15(4)16(27)5)28-12-20-19(24)8-17(23)11-26-20/h6-11H,1,5,12H2,2-4H3. The normalized spacial score (nSPS) is 14.2. The molecule has 0 saturated carbocycles. The van der Waals surface area contributed by atoms with Crippen LogP contribution in [0.1, 0.15) is 30.8 Å². The Balaban J connectivity index is 1.87. The summed E-state index contributed by atoms with van der Waals surface area (Å²) in [7, 11) is 0. The number of pyridine rings is 2. The van der Waals surface area contributed by atoms with E-state index in [1.807, 2.05) is 37.8 Å². The van der Waals surface area contributed by atoms with E-state index in [-0.39, 0.29) is 12.3 Å². The zero-order valence-electron chi connectivity index (χ0n) is 16.1. The molecule has 0 radical (unpaired) electrons. The number of rotatable bonds is 5. The molecule has 1 aliphatic rings. The summed E-state index contributed by atoms with van der Waals surface area (Å²) in [6.45, 7) is 13.7. The van der Waals surface area contributed by atoms with Crippen LogP contribution in [0.15, 0.2) is 66.5 Å². The van der Waals surface area contributed by atoms with Gasteiger partial charge in [-0.05, 0) is 38.5 Å². The number of aryl methyl sites for hydroxylation is 1. The maximum atomic E-state index is 13.8. The van der Waals surface area contributed by atoms with Gasteiger partial charge in [0.1, 0.15) is 23.9 Å². The van der Waals surface area contributed by atoms with Gasteiger partial charge in [-0.25, -0.2) is 8.78 Å². The second-order valence-electron chi connectivity index (χ2n) is 6.53. The first-order valence-electron chi connectivity index (χ1n) is 8.72. The van der Waals surface area contributed by atoms with E-state index in [4.69, 9.17) is 4.74 Å². The number of hydrogen-bond acceptors (Lipinski definition) is 4. The molecule has 0 amide bonds. The maximum Gasteiger partial charge on any atom is 0.151 e. The highest BCUT2D eigenvalue weighted by Crippen LogP contribution is 2.35. The van der Waals surface area contributed by atoms with Gasteiger partial charge < -0.3 is 9.64 Å². The molecule has 0 N–H and O–H groups in total. The van der Waals surface area contributed by atoms with Crippen LogP contribution in [-0.2, 0) is 11.3 Å². The topological polar surface area (TPSA) is 38.2 Å². The van der Waals surface area contributed by atoms with Crippen LogP contribution in [0, 0.1) is 18.6 Å². The van der Waals surface area contributed by atoms with Gasteiger partial charge in [-0.1, -0.05) is 13.2 Å². The minimum absolute atomic E-state index is 0.0430. The van der Waals surface area contributed by atoms with Crippen LogP contribution in [0.2, 0.25) is 0 Å². The van der Waals surface area contributed by atoms with Gasteiger partial charge in [0.2, 0.25) is 0 Å². The summed E-state index contributed by atoms with van der Waals surface area (Å²) in [5, 5.41) is 0. The van der Waals surface area contributed by atoms with Crippen molar-refractivity contribution in [1.82, 2.24) is 9.97 Å². The van der Waals surface area contributed by atoms with Gasteiger partial charge in [0.15, 0.2) is 5.82 Å². The Kier molecular flexibility index (Phi) is 5.40. The van der Waals surface area contributed by atoms with Crippen molar-refractivity contribution in [2.75, 3.05) is 4.90 Å². The lowest BCUT2D eigenvalue weighted by molar-refractivity contribution is 0.199. The largest absolute Gasteiger partial charge is 0.487 e. The summed E-state index contributed by atoms with van der Waals surface area (Å²) in [6, 6.07) is 2.74. The fraction of sp³-hybridized carbons (Fsp3) is 0.182. The van der Waals surface area contributed by atoms with Gasteiger partial charge in [0, 0.05) is 35.3 Å². The van der Waals surface area contributed by atoms with E-state index in [1.54, 1.807) is 12.3 Å². The molecule has 2 aromatic rings. The number of nitrogens with zero attached hydrogens (tertiary/aromatic N) is 3. The Morgan fingerprint density at radius 3 is 2.57 bits per heavy atom. The highest BCUT2D eigenvalue weighted by molar-refractivity contribution is 5.69. The predicted octanol–water partition coefficient (Wildman–Crippen LogP) is 5.43. The lowest BCUT2D eigenvalue weighted by atomic mass is 10.0. The van der Waals surface area contributed by atoms with E-state index in [0.717, 1.165) is 46.2 Å². The minimum Gasteiger partial charge on any atom is -0.487 e. The second kappa shape index (κ2) is 7.76. The number of aromatic nitrogens is 2. The third kappa shape index (κ3) is 3.71. The predicted molar refractivity (Wildman–Crippen MR) is 106 cm³/mol. The molecule has 0 saturated heterocycles. The Morgan fingerprint density at radius 2 is 1.89 bits per heavy atom. The van der Waals surface area contributed by atoms with E-state index in [1.165, 1.54) is 0 Å². The molecular formula is C22H21F2N3O. The molecule has 0 fully saturated rings. The van der Waals surface area contributed by atoms with Gasteiger partial charge in [-0.2, -0.15) is 0 Å². The molecule has 0 atom stereocenters. The molecule has 0 aliphatic carbocycles. The van der Waals surface area contributed by atoms with E-state index in [0.29, 0.717) is 5.76 Å². The van der Waals surface area contributed by atoms with Crippen LogP contribution >= 0.6 is 0 Å². The van der Waals surface area contributed by atoms with Crippen molar-refractivity contribution in [1.29, 1.82) is 0 Å². The number of anilines is 1. The SMILES string of the molecule is C=Cc1cc(N2C(=C)C(C)=C(OCc3ncc(F)cc3F)C=C2C)c(C)cn1. The summed E-state index contributed by atoms with van der Waals surface area (Å²) in [5.41, 5.74) is 5.20. The van der Waals surface area contributed by atoms with Crippen molar-refractivity contribution in [3.8, 4) is 0 Å². The Bertz CT molecular complexity index is 1020. The molecule has 1 aliphatic heterocycles. The van der Waals surface area contributed by atoms with Crippen LogP contribution in [-0.4, -0.2) is 9.97 Å². The second-order valence-corrected chi connectivity index (χ2v) is 6.53. The first kappa shape index (κ1) is 19.5. The zero-order valence-corrected chi connectivity index (χ0v) is 16.1. The third-order valence-corrected chi connectivity index (χ3v) is 4.56. The average molecular weight is 381 g/mol. The zero-order chi connectivity index (χ0) is 20.4. The van der Waals surface area contributed by atoms with Crippen molar-refractivity contribution in [3.63, 3.8) is 0 Å². The van der Waals surface area contributed by atoms with Gasteiger partial charge in [0.05, 0.1) is 17.6 Å². The van der Waals surface area contributed by atoms with E-state index in [2.05, 4.69) is 23.1 Å². The lowest BCUT2D eigenvalue weighted by Crippen LogP contribution is -2.25. The highest BCUT2D eigenvalue weighted by Gasteiger charge is 2.23. The summed E-state index contributed by atoms with van der Waals surface area (Å²) in [4.78, 5) is 10.1. The van der Waals surface area contributed by atoms with Crippen molar-refractivity contribution >= 4 is 11.8 Å². The van der Waals surface area contributed by atoms with Gasteiger partial charge in [-0.3, -0.25) is 9.97 Å². The van der Waals surface area contributed by atoms with E-state index < -0.39 is 11.6 Å². The number of hydrogen-bond donors (Lipinski definition) is 0. The minimum atomic E-state index is -0.736. The lowest BCUT2D eigenvalue weighted by Gasteiger charge is -2.33. The van der Waals surface area contributed by atoms with Crippen molar-refractivity contribution in [2.45, 2.75) is 27.4 Å². The Morgan fingerprint density at radius 1 is 1.14 bits per heavy atom. The molecule has 0 spiro atoms. The molecule has 3 heterocycles. The molecular weight excluding hydrogens is 360 g/mol. The van der Waals surface area contributed by atoms with Gasteiger partial charge in [-0.15, -0.1) is 0 Å². The quantitative estimate of drug-likeness (QED) is 0.692. The summed E-state index contributed by atoms with van der Waals surface area (Å²) in [5.74, 6) is -0.889. The molecule has 6 heteroatoms. The van der Waals surface area contributed by atoms with Gasteiger partial charge >= 0.3 is 0 Å². The van der Waals surface area contributed by atoms with Crippen LogP contribution in [0.25, 0.3) is 6.08 Å². The van der Waals surface area contributed by atoms with Crippen molar-refractivity contribution < 1.29 is 13.5 Å². The molecule has 0 unspecified atom stereocenters. The molecule has 28 heavy (non-hydrogen) atoms. The van der Waals surface area contributed by atoms with E-state index in [9.17, 15) is 8.78 Å². The van der Waals surface area contributed by atoms with Crippen LogP contribution in [0.4, 0.5) is 14.5 Å². The van der Waals surface area contributed by atoms with Gasteiger partial charge in [0.25, 0.3) is 0 Å². The molecule has 4 nitrogen and oxygen atoms in total. The average Bonchev–Trinajstić information content (AvgIpc) is 2.66. The fourth-order valence-electron chi connectivity index (χ4n) is 2.95. The van der Waals surface area contributed by atoms with Crippen molar-refractivity contribution in [2.24, 2.45) is 0 Å². The van der Waals surface area contributed by atoms with Crippen LogP contribution in [0.5, 0.6) is 0 Å². The number of halogens is 2. The summed E-state index contributed by atoms with van der Waals surface area (Å²) in [6.07, 6.45) is 6.31. The molecule has 2 aromatic heterocycles. The molecule has 144 valence electrons. The third-order valence-electron chi connectivity index (χ3n) is 4.56. The first-order valence-corrected chi connectivity index (χ1v) is 8.72. The first-order chi connectivity index (χ1) is 13.3. The van der Waals surface area contributed by atoms with Crippen LogP contribution < -0.4 is 4.90 Å². The Hall–Kier alpha value is -3.28. The molecule has 3 rings (SSSR count).